The third kappa shape index (κ3) is 2.78. The van der Waals surface area contributed by atoms with Crippen LogP contribution in [-0.2, 0) is 0 Å². The molecule has 0 bridgehead atoms. The lowest BCUT2D eigenvalue weighted by Gasteiger charge is -2.18. The largest absolute Gasteiger partial charge is 0.307 e. The predicted molar refractivity (Wildman–Crippen MR) is 62.6 cm³/mol. The Balaban J connectivity index is 1.99. The summed E-state index contributed by atoms with van der Waals surface area (Å²) in [6, 6.07) is 5.43. The second-order valence-corrected chi connectivity index (χ2v) is 4.61. The Bertz CT molecular complexity index is 297. The van der Waals surface area contributed by atoms with Gasteiger partial charge in [0.15, 0.2) is 0 Å². The Hall–Kier alpha value is -0.890. The number of aromatic nitrogens is 1. The van der Waals surface area contributed by atoms with Gasteiger partial charge in [-0.2, -0.15) is 0 Å². The van der Waals surface area contributed by atoms with Crippen molar-refractivity contribution >= 4 is 0 Å². The lowest BCUT2D eigenvalue weighted by molar-refractivity contribution is 0.479. The summed E-state index contributed by atoms with van der Waals surface area (Å²) >= 11 is 0. The van der Waals surface area contributed by atoms with Gasteiger partial charge < -0.3 is 5.32 Å². The lowest BCUT2D eigenvalue weighted by Crippen LogP contribution is -2.24. The summed E-state index contributed by atoms with van der Waals surface area (Å²) in [5, 5.41) is 3.72. The van der Waals surface area contributed by atoms with E-state index in [1.165, 1.54) is 24.8 Å². The van der Waals surface area contributed by atoms with Gasteiger partial charge in [-0.1, -0.05) is 26.3 Å². The third-order valence-corrected chi connectivity index (χ3v) is 3.19. The zero-order chi connectivity index (χ0) is 10.7. The fraction of sp³-hybridized carbons (Fsp3) is 0.615. The van der Waals surface area contributed by atoms with Crippen molar-refractivity contribution in [3.63, 3.8) is 0 Å². The van der Waals surface area contributed by atoms with E-state index in [9.17, 15) is 0 Å². The van der Waals surface area contributed by atoms with Crippen LogP contribution in [0.3, 0.4) is 0 Å². The first kappa shape index (κ1) is 10.6. The highest BCUT2D eigenvalue weighted by atomic mass is 15.0. The number of rotatable bonds is 5. The summed E-state index contributed by atoms with van der Waals surface area (Å²) in [5.41, 5.74) is 1.33. The molecule has 0 saturated heterocycles. The molecule has 0 radical (unpaired) electrons. The van der Waals surface area contributed by atoms with Gasteiger partial charge in [-0.3, -0.25) is 4.98 Å². The van der Waals surface area contributed by atoms with E-state index in [2.05, 4.69) is 30.2 Å². The smallest absolute Gasteiger partial charge is 0.0337 e. The molecule has 1 aromatic rings. The summed E-state index contributed by atoms with van der Waals surface area (Å²) in [6.07, 6.45) is 7.58. The van der Waals surface area contributed by atoms with Crippen LogP contribution < -0.4 is 5.32 Å². The molecule has 3 atom stereocenters. The van der Waals surface area contributed by atoms with Gasteiger partial charge in [-0.05, 0) is 30.4 Å². The van der Waals surface area contributed by atoms with E-state index in [1.54, 1.807) is 0 Å². The van der Waals surface area contributed by atoms with Crippen LogP contribution in [0, 0.1) is 5.92 Å². The topological polar surface area (TPSA) is 24.9 Å². The molecule has 0 spiro atoms. The molecule has 0 aliphatic heterocycles. The average Bonchev–Trinajstić information content (AvgIpc) is 2.95. The molecule has 82 valence electrons. The van der Waals surface area contributed by atoms with Crippen LogP contribution >= 0.6 is 0 Å². The molecule has 1 aromatic heterocycles. The minimum atomic E-state index is 0.499. The standard InChI is InChI=1S/C13H20N2/c1-3-5-12(15-13-8-10(13)2)11-6-4-7-14-9-11/h4,6-7,9-10,12-13,15H,3,5,8H2,1-2H3. The molecule has 1 saturated carbocycles. The molecule has 2 heteroatoms. The van der Waals surface area contributed by atoms with Crippen molar-refractivity contribution in [2.75, 3.05) is 0 Å². The van der Waals surface area contributed by atoms with Crippen molar-refractivity contribution in [2.24, 2.45) is 5.92 Å². The van der Waals surface area contributed by atoms with E-state index in [1.807, 2.05) is 18.5 Å². The second-order valence-electron chi connectivity index (χ2n) is 4.61. The first-order valence-corrected chi connectivity index (χ1v) is 5.97. The molecule has 15 heavy (non-hydrogen) atoms. The van der Waals surface area contributed by atoms with Crippen LogP contribution in [0.2, 0.25) is 0 Å². The van der Waals surface area contributed by atoms with Crippen LogP contribution in [0.1, 0.15) is 44.7 Å². The third-order valence-electron chi connectivity index (χ3n) is 3.19. The van der Waals surface area contributed by atoms with E-state index >= 15 is 0 Å². The molecular weight excluding hydrogens is 184 g/mol. The molecule has 2 rings (SSSR count). The summed E-state index contributed by atoms with van der Waals surface area (Å²) in [7, 11) is 0. The Morgan fingerprint density at radius 3 is 2.93 bits per heavy atom. The molecule has 1 fully saturated rings. The van der Waals surface area contributed by atoms with Gasteiger partial charge in [-0.25, -0.2) is 0 Å². The lowest BCUT2D eigenvalue weighted by atomic mass is 10.0. The van der Waals surface area contributed by atoms with Gasteiger partial charge in [-0.15, -0.1) is 0 Å². The minimum Gasteiger partial charge on any atom is -0.307 e. The highest BCUT2D eigenvalue weighted by Gasteiger charge is 2.34. The quantitative estimate of drug-likeness (QED) is 0.797. The van der Waals surface area contributed by atoms with Gasteiger partial charge in [0.1, 0.15) is 0 Å². The van der Waals surface area contributed by atoms with Crippen LogP contribution in [0.4, 0.5) is 0 Å². The van der Waals surface area contributed by atoms with Gasteiger partial charge in [0.25, 0.3) is 0 Å². The van der Waals surface area contributed by atoms with Crippen molar-refractivity contribution in [3.05, 3.63) is 30.1 Å². The van der Waals surface area contributed by atoms with Crippen LogP contribution in [0.25, 0.3) is 0 Å². The van der Waals surface area contributed by atoms with Crippen molar-refractivity contribution < 1.29 is 0 Å². The van der Waals surface area contributed by atoms with Gasteiger partial charge >= 0.3 is 0 Å². The van der Waals surface area contributed by atoms with E-state index in [-0.39, 0.29) is 0 Å². The summed E-state index contributed by atoms with van der Waals surface area (Å²) < 4.78 is 0. The van der Waals surface area contributed by atoms with E-state index in [4.69, 9.17) is 0 Å². The maximum atomic E-state index is 4.19. The second kappa shape index (κ2) is 4.75. The number of pyridine rings is 1. The number of hydrogen-bond acceptors (Lipinski definition) is 2. The molecule has 0 amide bonds. The van der Waals surface area contributed by atoms with Gasteiger partial charge in [0.2, 0.25) is 0 Å². The summed E-state index contributed by atoms with van der Waals surface area (Å²) in [5.74, 6) is 0.862. The molecular formula is C13H20N2. The first-order valence-electron chi connectivity index (χ1n) is 5.97. The Morgan fingerprint density at radius 1 is 1.60 bits per heavy atom. The van der Waals surface area contributed by atoms with Crippen molar-refractivity contribution in [1.29, 1.82) is 0 Å². The van der Waals surface area contributed by atoms with Crippen molar-refractivity contribution in [1.82, 2.24) is 10.3 Å². The summed E-state index contributed by atoms with van der Waals surface area (Å²) in [6.45, 7) is 4.55. The maximum absolute atomic E-state index is 4.19. The number of nitrogens with one attached hydrogen (secondary N) is 1. The minimum absolute atomic E-state index is 0.499. The molecule has 1 N–H and O–H groups in total. The Kier molecular flexibility index (Phi) is 3.37. The van der Waals surface area contributed by atoms with Crippen molar-refractivity contribution in [2.45, 2.75) is 45.2 Å². The SMILES string of the molecule is CCCC(NC1CC1C)c1cccnc1. The number of nitrogens with zero attached hydrogens (tertiary/aromatic N) is 1. The Labute approximate surface area is 92.1 Å². The van der Waals surface area contributed by atoms with E-state index < -0.39 is 0 Å². The van der Waals surface area contributed by atoms with Gasteiger partial charge in [0.05, 0.1) is 0 Å². The van der Waals surface area contributed by atoms with Crippen LogP contribution in [0.15, 0.2) is 24.5 Å². The fourth-order valence-electron chi connectivity index (χ4n) is 2.03. The highest BCUT2D eigenvalue weighted by molar-refractivity contribution is 5.14. The zero-order valence-electron chi connectivity index (χ0n) is 9.61. The molecule has 1 heterocycles. The summed E-state index contributed by atoms with van der Waals surface area (Å²) in [4.78, 5) is 4.19. The highest BCUT2D eigenvalue weighted by Crippen LogP contribution is 2.32. The first-order chi connectivity index (χ1) is 7.31. The maximum Gasteiger partial charge on any atom is 0.0337 e. The number of hydrogen-bond donors (Lipinski definition) is 1. The molecule has 2 nitrogen and oxygen atoms in total. The predicted octanol–water partition coefficient (Wildman–Crippen LogP) is 2.92. The molecule has 0 aromatic carbocycles. The fourth-order valence-corrected chi connectivity index (χ4v) is 2.03. The van der Waals surface area contributed by atoms with E-state index in [0.717, 1.165) is 12.0 Å². The monoisotopic (exact) mass is 204 g/mol. The molecule has 3 unspecified atom stereocenters. The average molecular weight is 204 g/mol. The van der Waals surface area contributed by atoms with Crippen molar-refractivity contribution in [3.8, 4) is 0 Å². The van der Waals surface area contributed by atoms with Gasteiger partial charge in [0, 0.05) is 24.5 Å². The zero-order valence-corrected chi connectivity index (χ0v) is 9.61. The Morgan fingerprint density at radius 2 is 2.40 bits per heavy atom. The molecule has 1 aliphatic carbocycles. The molecule has 1 aliphatic rings. The van der Waals surface area contributed by atoms with Crippen LogP contribution in [-0.4, -0.2) is 11.0 Å². The van der Waals surface area contributed by atoms with E-state index in [0.29, 0.717) is 6.04 Å². The normalized spacial score (nSPS) is 26.3. The van der Waals surface area contributed by atoms with Crippen LogP contribution in [0.5, 0.6) is 0 Å².